The Labute approximate surface area is 188 Å². The Morgan fingerprint density at radius 1 is 1.10 bits per heavy atom. The molecule has 1 aromatic heterocycles. The predicted molar refractivity (Wildman–Crippen MR) is 128 cm³/mol. The van der Waals surface area contributed by atoms with Crippen molar-refractivity contribution in [1.29, 1.82) is 0 Å². The van der Waals surface area contributed by atoms with E-state index in [0.29, 0.717) is 18.5 Å². The minimum atomic E-state index is 0.470. The van der Waals surface area contributed by atoms with Gasteiger partial charge in [-0.25, -0.2) is 9.98 Å². The van der Waals surface area contributed by atoms with Crippen molar-refractivity contribution in [2.24, 2.45) is 10.9 Å². The molecular weight excluding hydrogens is 390 g/mol. The van der Waals surface area contributed by atoms with Crippen molar-refractivity contribution in [3.8, 4) is 0 Å². The number of likely N-dealkylation sites (N-methyl/N-ethyl adjacent to an activating group) is 1. The summed E-state index contributed by atoms with van der Waals surface area (Å²) < 4.78 is 5.52. The lowest BCUT2D eigenvalue weighted by atomic mass is 10.0. The van der Waals surface area contributed by atoms with E-state index in [1.165, 1.54) is 0 Å². The Kier molecular flexibility index (Phi) is 9.36. The summed E-state index contributed by atoms with van der Waals surface area (Å²) >= 11 is 0. The van der Waals surface area contributed by atoms with Crippen LogP contribution in [0.4, 0.5) is 5.82 Å². The van der Waals surface area contributed by atoms with Crippen LogP contribution in [0.2, 0.25) is 0 Å². The smallest absolute Gasteiger partial charge is 0.191 e. The maximum absolute atomic E-state index is 5.52. The van der Waals surface area contributed by atoms with E-state index < -0.39 is 0 Å². The Bertz CT molecular complexity index is 665. The van der Waals surface area contributed by atoms with Gasteiger partial charge in [-0.1, -0.05) is 19.9 Å². The van der Waals surface area contributed by atoms with Crippen LogP contribution in [0.1, 0.15) is 26.3 Å². The van der Waals surface area contributed by atoms with Gasteiger partial charge in [-0.2, -0.15) is 0 Å². The van der Waals surface area contributed by atoms with Gasteiger partial charge in [0.25, 0.3) is 0 Å². The van der Waals surface area contributed by atoms with Gasteiger partial charge in [0.15, 0.2) is 5.96 Å². The average Bonchev–Trinajstić information content (AvgIpc) is 2.79. The molecule has 0 radical (unpaired) electrons. The van der Waals surface area contributed by atoms with Crippen LogP contribution in [0.15, 0.2) is 23.3 Å². The molecule has 2 N–H and O–H groups in total. The molecule has 8 heteroatoms. The highest BCUT2D eigenvalue weighted by molar-refractivity contribution is 5.79. The quantitative estimate of drug-likeness (QED) is 0.474. The van der Waals surface area contributed by atoms with Crippen molar-refractivity contribution in [2.45, 2.75) is 33.4 Å². The van der Waals surface area contributed by atoms with Gasteiger partial charge < -0.3 is 25.2 Å². The van der Waals surface area contributed by atoms with Crippen LogP contribution in [0.3, 0.4) is 0 Å². The number of aromatic nitrogens is 1. The van der Waals surface area contributed by atoms with Gasteiger partial charge in [0.1, 0.15) is 5.82 Å². The van der Waals surface area contributed by atoms with E-state index in [-0.39, 0.29) is 0 Å². The Morgan fingerprint density at radius 3 is 2.45 bits per heavy atom. The number of nitrogens with zero attached hydrogens (tertiary/aromatic N) is 5. The number of hydrogen-bond donors (Lipinski definition) is 2. The molecule has 0 saturated carbocycles. The molecule has 0 amide bonds. The van der Waals surface area contributed by atoms with E-state index in [4.69, 9.17) is 9.73 Å². The van der Waals surface area contributed by atoms with Gasteiger partial charge in [-0.15, -0.1) is 0 Å². The van der Waals surface area contributed by atoms with Crippen molar-refractivity contribution >= 4 is 11.8 Å². The number of piperazine rings is 1. The number of nitrogens with one attached hydrogen (secondary N) is 2. The monoisotopic (exact) mass is 431 g/mol. The predicted octanol–water partition coefficient (Wildman–Crippen LogP) is 1.25. The second kappa shape index (κ2) is 12.2. The molecule has 3 heterocycles. The number of aliphatic imine (C=N–C) groups is 1. The zero-order valence-electron chi connectivity index (χ0n) is 19.8. The van der Waals surface area contributed by atoms with Crippen LogP contribution in [0.5, 0.6) is 0 Å². The van der Waals surface area contributed by atoms with E-state index >= 15 is 0 Å². The summed E-state index contributed by atoms with van der Waals surface area (Å²) in [6.07, 6.45) is 1.96. The summed E-state index contributed by atoms with van der Waals surface area (Å²) in [5.41, 5.74) is 1.13. The number of guanidine groups is 1. The first-order valence-electron chi connectivity index (χ1n) is 11.8. The largest absolute Gasteiger partial charge is 0.379 e. The normalized spacial score (nSPS) is 20.2. The van der Waals surface area contributed by atoms with Crippen molar-refractivity contribution in [1.82, 2.24) is 25.4 Å². The molecule has 0 spiro atoms. The van der Waals surface area contributed by atoms with Gasteiger partial charge in [-0.05, 0) is 31.5 Å². The van der Waals surface area contributed by atoms with Gasteiger partial charge >= 0.3 is 0 Å². The average molecular weight is 432 g/mol. The molecule has 0 bridgehead atoms. The number of rotatable bonds is 8. The molecule has 1 aromatic rings. The standard InChI is InChI=1S/C23H41N7O/c1-5-24-23(27-18-21(19(2)3)29-12-14-31-15-13-29)26-17-20-6-7-22(25-16-20)30-10-8-28(4)9-11-30/h6-7,16,19,21H,5,8-15,17-18H2,1-4H3,(H2,24,26,27). The molecule has 2 aliphatic rings. The summed E-state index contributed by atoms with van der Waals surface area (Å²) in [4.78, 5) is 16.7. The number of anilines is 1. The SMILES string of the molecule is CCNC(=NCc1ccc(N2CCN(C)CC2)nc1)NCC(C(C)C)N1CCOCC1. The first-order valence-corrected chi connectivity index (χ1v) is 11.8. The number of ether oxygens (including phenoxy) is 1. The van der Waals surface area contributed by atoms with Crippen LogP contribution in [0, 0.1) is 5.92 Å². The van der Waals surface area contributed by atoms with Crippen LogP contribution in [0.25, 0.3) is 0 Å². The highest BCUT2D eigenvalue weighted by Crippen LogP contribution is 2.14. The van der Waals surface area contributed by atoms with Gasteiger partial charge in [0.05, 0.1) is 19.8 Å². The lowest BCUT2D eigenvalue weighted by Crippen LogP contribution is -2.52. The Hall–Kier alpha value is -1.90. The molecule has 2 saturated heterocycles. The Balaban J connectivity index is 1.54. The summed E-state index contributed by atoms with van der Waals surface area (Å²) in [6.45, 7) is 16.9. The maximum atomic E-state index is 5.52. The molecule has 2 aliphatic heterocycles. The third-order valence-electron chi connectivity index (χ3n) is 6.16. The number of hydrogen-bond acceptors (Lipinski definition) is 6. The van der Waals surface area contributed by atoms with Crippen LogP contribution >= 0.6 is 0 Å². The fraction of sp³-hybridized carbons (Fsp3) is 0.739. The van der Waals surface area contributed by atoms with E-state index in [0.717, 1.165) is 82.9 Å². The highest BCUT2D eigenvalue weighted by atomic mass is 16.5. The molecule has 3 rings (SSSR count). The fourth-order valence-corrected chi connectivity index (χ4v) is 4.14. The third-order valence-corrected chi connectivity index (χ3v) is 6.16. The lowest BCUT2D eigenvalue weighted by Gasteiger charge is -2.37. The van der Waals surface area contributed by atoms with Crippen molar-refractivity contribution < 1.29 is 4.74 Å². The molecule has 0 aromatic carbocycles. The number of pyridine rings is 1. The second-order valence-electron chi connectivity index (χ2n) is 8.85. The first kappa shape index (κ1) is 23.8. The summed E-state index contributed by atoms with van der Waals surface area (Å²) in [5.74, 6) is 2.50. The summed E-state index contributed by atoms with van der Waals surface area (Å²) in [7, 11) is 2.17. The van der Waals surface area contributed by atoms with E-state index in [1.54, 1.807) is 0 Å². The Morgan fingerprint density at radius 2 is 1.84 bits per heavy atom. The van der Waals surface area contributed by atoms with Crippen LogP contribution in [-0.4, -0.2) is 99.4 Å². The van der Waals surface area contributed by atoms with Crippen molar-refractivity contribution in [3.63, 3.8) is 0 Å². The lowest BCUT2D eigenvalue weighted by molar-refractivity contribution is 0.00752. The molecule has 8 nitrogen and oxygen atoms in total. The molecule has 31 heavy (non-hydrogen) atoms. The maximum Gasteiger partial charge on any atom is 0.191 e. The van der Waals surface area contributed by atoms with Gasteiger partial charge in [0, 0.05) is 64.6 Å². The van der Waals surface area contributed by atoms with Crippen molar-refractivity contribution in [3.05, 3.63) is 23.9 Å². The fourth-order valence-electron chi connectivity index (χ4n) is 4.14. The highest BCUT2D eigenvalue weighted by Gasteiger charge is 2.24. The topological polar surface area (TPSA) is 68.3 Å². The zero-order chi connectivity index (χ0) is 22.1. The molecule has 2 fully saturated rings. The second-order valence-corrected chi connectivity index (χ2v) is 8.85. The molecule has 174 valence electrons. The molecular formula is C23H41N7O. The minimum Gasteiger partial charge on any atom is -0.379 e. The van der Waals surface area contributed by atoms with Gasteiger partial charge in [0.2, 0.25) is 0 Å². The number of morpholine rings is 1. The van der Waals surface area contributed by atoms with E-state index in [1.807, 2.05) is 6.20 Å². The van der Waals surface area contributed by atoms with Crippen LogP contribution < -0.4 is 15.5 Å². The first-order chi connectivity index (χ1) is 15.1. The molecule has 0 aliphatic carbocycles. The minimum absolute atomic E-state index is 0.470. The molecule has 1 atom stereocenters. The van der Waals surface area contributed by atoms with Crippen LogP contribution in [-0.2, 0) is 11.3 Å². The van der Waals surface area contributed by atoms with E-state index in [2.05, 4.69) is 70.3 Å². The van der Waals surface area contributed by atoms with Gasteiger partial charge in [-0.3, -0.25) is 4.90 Å². The van der Waals surface area contributed by atoms with E-state index in [9.17, 15) is 0 Å². The van der Waals surface area contributed by atoms with Crippen molar-refractivity contribution in [2.75, 3.05) is 77.5 Å². The third kappa shape index (κ3) is 7.33. The summed E-state index contributed by atoms with van der Waals surface area (Å²) in [5, 5.41) is 6.94. The molecule has 1 unspecified atom stereocenters. The summed E-state index contributed by atoms with van der Waals surface area (Å²) in [6, 6.07) is 4.75. The zero-order valence-corrected chi connectivity index (χ0v) is 19.8.